The maximum absolute atomic E-state index is 12.7. The Hall–Kier alpha value is -2.12. The Kier molecular flexibility index (Phi) is 5.42. The van der Waals surface area contributed by atoms with Crippen LogP contribution in [-0.2, 0) is 11.0 Å². The molecule has 1 spiro atoms. The van der Waals surface area contributed by atoms with E-state index in [1.807, 2.05) is 13.1 Å². The first-order valence-electron chi connectivity index (χ1n) is 8.95. The summed E-state index contributed by atoms with van der Waals surface area (Å²) in [5, 5.41) is 3.47. The zero-order chi connectivity index (χ0) is 19.2. The van der Waals surface area contributed by atoms with Crippen LogP contribution in [0.15, 0.2) is 42.6 Å². The van der Waals surface area contributed by atoms with Crippen molar-refractivity contribution in [1.82, 2.24) is 15.2 Å². The van der Waals surface area contributed by atoms with Gasteiger partial charge in [0.1, 0.15) is 5.54 Å². The number of pyridine rings is 1. The first kappa shape index (κ1) is 20.6. The third-order valence-corrected chi connectivity index (χ3v) is 5.62. The molecule has 0 aliphatic carbocycles. The van der Waals surface area contributed by atoms with E-state index in [2.05, 4.69) is 10.3 Å². The van der Waals surface area contributed by atoms with Crippen LogP contribution in [0.25, 0.3) is 11.1 Å². The van der Waals surface area contributed by atoms with Crippen LogP contribution >= 0.6 is 12.4 Å². The maximum Gasteiger partial charge on any atom is 0.416 e. The van der Waals surface area contributed by atoms with E-state index in [-0.39, 0.29) is 24.4 Å². The van der Waals surface area contributed by atoms with Crippen molar-refractivity contribution in [2.75, 3.05) is 13.6 Å². The van der Waals surface area contributed by atoms with Gasteiger partial charge in [0.2, 0.25) is 5.91 Å². The Morgan fingerprint density at radius 3 is 2.46 bits per heavy atom. The normalized spacial score (nSPS) is 24.6. The van der Waals surface area contributed by atoms with E-state index >= 15 is 0 Å². The first-order chi connectivity index (χ1) is 12.8. The smallest absolute Gasteiger partial charge is 0.344 e. The highest BCUT2D eigenvalue weighted by atomic mass is 35.5. The molecule has 4 rings (SSSR count). The van der Waals surface area contributed by atoms with Crippen molar-refractivity contribution in [3.8, 4) is 11.1 Å². The summed E-state index contributed by atoms with van der Waals surface area (Å²) in [6.45, 7) is 0.748. The van der Waals surface area contributed by atoms with Crippen LogP contribution in [0.5, 0.6) is 0 Å². The van der Waals surface area contributed by atoms with Gasteiger partial charge >= 0.3 is 6.18 Å². The highest BCUT2D eigenvalue weighted by molar-refractivity contribution is 5.88. The summed E-state index contributed by atoms with van der Waals surface area (Å²) in [6, 6.07) is 8.77. The monoisotopic (exact) mass is 411 g/mol. The van der Waals surface area contributed by atoms with E-state index < -0.39 is 17.3 Å². The number of likely N-dealkylation sites (N-methyl/N-ethyl adjacent to an activating group) is 1. The molecule has 1 amide bonds. The highest BCUT2D eigenvalue weighted by Gasteiger charge is 2.50. The lowest BCUT2D eigenvalue weighted by Crippen LogP contribution is -2.47. The lowest BCUT2D eigenvalue weighted by Gasteiger charge is -2.23. The SMILES string of the molecule is CN1CC[C@@]2(CC[C@H](c3cc(-c4ccc(C(F)(F)F)cc4)ccn3)N2)C1=O.Cl. The summed E-state index contributed by atoms with van der Waals surface area (Å²) in [5.41, 5.74) is 1.17. The van der Waals surface area contributed by atoms with E-state index in [0.29, 0.717) is 5.56 Å². The number of nitrogens with one attached hydrogen (secondary N) is 1. The van der Waals surface area contributed by atoms with Crippen LogP contribution in [-0.4, -0.2) is 34.9 Å². The maximum atomic E-state index is 12.7. The Bertz CT molecular complexity index is 872. The predicted octanol–water partition coefficient (Wildman–Crippen LogP) is 4.21. The average molecular weight is 412 g/mol. The minimum Gasteiger partial charge on any atom is -0.344 e. The third kappa shape index (κ3) is 3.61. The van der Waals surface area contributed by atoms with Crippen molar-refractivity contribution in [1.29, 1.82) is 0 Å². The fourth-order valence-corrected chi connectivity index (χ4v) is 4.06. The molecule has 28 heavy (non-hydrogen) atoms. The summed E-state index contributed by atoms with van der Waals surface area (Å²) in [5.74, 6) is 0.129. The molecule has 2 saturated heterocycles. The second-order valence-electron chi connectivity index (χ2n) is 7.34. The summed E-state index contributed by atoms with van der Waals surface area (Å²) in [4.78, 5) is 18.6. The van der Waals surface area contributed by atoms with Crippen molar-refractivity contribution in [2.45, 2.75) is 37.0 Å². The van der Waals surface area contributed by atoms with Crippen molar-refractivity contribution >= 4 is 18.3 Å². The molecule has 4 nitrogen and oxygen atoms in total. The number of alkyl halides is 3. The molecule has 0 saturated carbocycles. The Morgan fingerprint density at radius 2 is 1.86 bits per heavy atom. The Morgan fingerprint density at radius 1 is 1.14 bits per heavy atom. The van der Waals surface area contributed by atoms with E-state index in [9.17, 15) is 18.0 Å². The van der Waals surface area contributed by atoms with Gasteiger partial charge < -0.3 is 4.90 Å². The van der Waals surface area contributed by atoms with Crippen molar-refractivity contribution in [3.63, 3.8) is 0 Å². The number of carbonyl (C=O) groups is 1. The predicted molar refractivity (Wildman–Crippen MR) is 102 cm³/mol. The molecule has 1 aromatic carbocycles. The minimum atomic E-state index is -4.34. The molecular weight excluding hydrogens is 391 g/mol. The van der Waals surface area contributed by atoms with Gasteiger partial charge in [0, 0.05) is 19.8 Å². The number of halogens is 4. The zero-order valence-electron chi connectivity index (χ0n) is 15.3. The van der Waals surface area contributed by atoms with Crippen molar-refractivity contribution in [3.05, 3.63) is 53.9 Å². The number of hydrogen-bond acceptors (Lipinski definition) is 3. The van der Waals surface area contributed by atoms with Crippen LogP contribution in [0.4, 0.5) is 13.2 Å². The minimum absolute atomic E-state index is 0. The molecule has 2 atom stereocenters. The number of carbonyl (C=O) groups excluding carboxylic acids is 1. The molecule has 0 bridgehead atoms. The average Bonchev–Trinajstić information content (AvgIpc) is 3.21. The molecule has 150 valence electrons. The number of likely N-dealkylation sites (tertiary alicyclic amines) is 1. The molecule has 2 aliphatic rings. The van der Waals surface area contributed by atoms with Crippen LogP contribution < -0.4 is 5.32 Å². The number of aromatic nitrogens is 1. The van der Waals surface area contributed by atoms with Crippen molar-refractivity contribution in [2.24, 2.45) is 0 Å². The molecule has 1 N–H and O–H groups in total. The standard InChI is InChI=1S/C20H20F3N3O.ClH/c1-26-11-9-19(18(26)27)8-6-16(25-19)17-12-14(7-10-24-17)13-2-4-15(5-3-13)20(21,22)23;/h2-5,7,10,12,16,25H,6,8-9,11H2,1H3;1H/t16-,19+;/m1./s1. The lowest BCUT2D eigenvalue weighted by molar-refractivity contribution is -0.137. The molecule has 1 aromatic heterocycles. The fraction of sp³-hybridized carbons (Fsp3) is 0.400. The summed E-state index contributed by atoms with van der Waals surface area (Å²) in [7, 11) is 1.82. The molecule has 0 unspecified atom stereocenters. The van der Waals surface area contributed by atoms with E-state index in [4.69, 9.17) is 0 Å². The van der Waals surface area contributed by atoms with Gasteiger partial charge in [-0.1, -0.05) is 12.1 Å². The van der Waals surface area contributed by atoms with Gasteiger partial charge in [0.15, 0.2) is 0 Å². The number of benzene rings is 1. The first-order valence-corrected chi connectivity index (χ1v) is 8.95. The number of hydrogen-bond donors (Lipinski definition) is 1. The molecule has 0 radical (unpaired) electrons. The Balaban J connectivity index is 0.00000225. The largest absolute Gasteiger partial charge is 0.416 e. The molecule has 3 heterocycles. The third-order valence-electron chi connectivity index (χ3n) is 5.62. The molecule has 2 fully saturated rings. The van der Waals surface area contributed by atoms with Gasteiger partial charge in [-0.15, -0.1) is 12.4 Å². The number of rotatable bonds is 2. The van der Waals surface area contributed by atoms with Crippen LogP contribution in [0.3, 0.4) is 0 Å². The van der Waals surface area contributed by atoms with Crippen molar-refractivity contribution < 1.29 is 18.0 Å². The Labute approximate surface area is 167 Å². The van der Waals surface area contributed by atoms with Crippen LogP contribution in [0, 0.1) is 0 Å². The lowest BCUT2D eigenvalue weighted by atomic mass is 9.96. The number of nitrogens with zero attached hydrogens (tertiary/aromatic N) is 2. The summed E-state index contributed by atoms with van der Waals surface area (Å²) >= 11 is 0. The topological polar surface area (TPSA) is 45.2 Å². The second-order valence-corrected chi connectivity index (χ2v) is 7.34. The molecular formula is C20H21ClF3N3O. The highest BCUT2D eigenvalue weighted by Crippen LogP contribution is 2.39. The van der Waals surface area contributed by atoms with E-state index in [0.717, 1.165) is 49.2 Å². The van der Waals surface area contributed by atoms with Gasteiger partial charge in [-0.2, -0.15) is 13.2 Å². The van der Waals surface area contributed by atoms with Crippen LogP contribution in [0.2, 0.25) is 0 Å². The summed E-state index contributed by atoms with van der Waals surface area (Å²) in [6.07, 6.45) is -0.309. The molecule has 2 aromatic rings. The van der Waals surface area contributed by atoms with Gasteiger partial charge in [-0.05, 0) is 54.7 Å². The zero-order valence-corrected chi connectivity index (χ0v) is 16.1. The quantitative estimate of drug-likeness (QED) is 0.805. The fourth-order valence-electron chi connectivity index (χ4n) is 4.06. The van der Waals surface area contributed by atoms with Gasteiger partial charge in [-0.25, -0.2) is 0 Å². The van der Waals surface area contributed by atoms with Crippen LogP contribution in [0.1, 0.15) is 36.6 Å². The second kappa shape index (κ2) is 7.37. The van der Waals surface area contributed by atoms with Gasteiger partial charge in [0.25, 0.3) is 0 Å². The number of amides is 1. The molecule has 8 heteroatoms. The van der Waals surface area contributed by atoms with Gasteiger partial charge in [-0.3, -0.25) is 15.1 Å². The van der Waals surface area contributed by atoms with E-state index in [1.54, 1.807) is 17.2 Å². The van der Waals surface area contributed by atoms with Gasteiger partial charge in [0.05, 0.1) is 17.3 Å². The molecule has 2 aliphatic heterocycles. The van der Waals surface area contributed by atoms with E-state index in [1.165, 1.54) is 12.1 Å². The summed E-state index contributed by atoms with van der Waals surface area (Å²) < 4.78 is 38.2.